The van der Waals surface area contributed by atoms with Gasteiger partial charge in [0.25, 0.3) is 0 Å². The first-order valence-electron chi connectivity index (χ1n) is 9.52. The van der Waals surface area contributed by atoms with Crippen molar-refractivity contribution >= 4 is 16.8 Å². The summed E-state index contributed by atoms with van der Waals surface area (Å²) in [7, 11) is 0. The molecule has 0 fully saturated rings. The predicted octanol–water partition coefficient (Wildman–Crippen LogP) is 3.91. The predicted molar refractivity (Wildman–Crippen MR) is 110 cm³/mol. The van der Waals surface area contributed by atoms with Gasteiger partial charge in [0, 0.05) is 19.1 Å². The van der Waals surface area contributed by atoms with Crippen molar-refractivity contribution in [3.8, 4) is 0 Å². The van der Waals surface area contributed by atoms with E-state index in [1.807, 2.05) is 19.1 Å². The Morgan fingerprint density at radius 2 is 1.78 bits per heavy atom. The summed E-state index contributed by atoms with van der Waals surface area (Å²) in [6.45, 7) is 3.49. The number of hydrogen-bond acceptors (Lipinski definition) is 2. The fraction of sp³-hybridized carbons (Fsp3) is 0.261. The van der Waals surface area contributed by atoms with Gasteiger partial charge in [-0.3, -0.25) is 0 Å². The summed E-state index contributed by atoms with van der Waals surface area (Å²) >= 11 is 0. The Morgan fingerprint density at radius 3 is 2.63 bits per heavy atom. The average Bonchev–Trinajstić information content (AvgIpc) is 2.71. The lowest BCUT2D eigenvalue weighted by atomic mass is 9.96. The molecule has 4 heteroatoms. The van der Waals surface area contributed by atoms with E-state index >= 15 is 0 Å². The Labute approximate surface area is 160 Å². The van der Waals surface area contributed by atoms with Crippen molar-refractivity contribution in [1.29, 1.82) is 0 Å². The molecule has 4 rings (SSSR count). The van der Waals surface area contributed by atoms with Crippen LogP contribution in [0.4, 0.5) is 4.79 Å². The van der Waals surface area contributed by atoms with Gasteiger partial charge in [0.1, 0.15) is 0 Å². The number of urea groups is 1. The van der Waals surface area contributed by atoms with Gasteiger partial charge in [-0.25, -0.2) is 4.79 Å². The lowest BCUT2D eigenvalue weighted by Gasteiger charge is -2.26. The van der Waals surface area contributed by atoms with E-state index in [2.05, 4.69) is 70.5 Å². The molecule has 2 atom stereocenters. The Hall–Kier alpha value is -2.85. The first-order valence-corrected chi connectivity index (χ1v) is 9.52. The van der Waals surface area contributed by atoms with Gasteiger partial charge in [0.2, 0.25) is 0 Å². The summed E-state index contributed by atoms with van der Waals surface area (Å²) in [5.41, 5.74) is 3.82. The van der Waals surface area contributed by atoms with Gasteiger partial charge in [-0.1, -0.05) is 60.7 Å². The highest BCUT2D eigenvalue weighted by atomic mass is 16.2. The van der Waals surface area contributed by atoms with E-state index in [0.29, 0.717) is 6.54 Å². The molecule has 2 amide bonds. The monoisotopic (exact) mass is 359 g/mol. The quantitative estimate of drug-likeness (QED) is 0.661. The fourth-order valence-corrected chi connectivity index (χ4v) is 3.69. The smallest absolute Gasteiger partial charge is 0.315 e. The van der Waals surface area contributed by atoms with E-state index in [1.54, 1.807) is 0 Å². The second-order valence-electron chi connectivity index (χ2n) is 7.23. The number of hydrogen-bond donors (Lipinski definition) is 3. The molecule has 0 bridgehead atoms. The minimum Gasteiger partial charge on any atom is -0.337 e. The van der Waals surface area contributed by atoms with E-state index in [0.717, 1.165) is 18.5 Å². The first kappa shape index (κ1) is 17.6. The first-order chi connectivity index (χ1) is 13.2. The van der Waals surface area contributed by atoms with Crippen LogP contribution in [0.3, 0.4) is 0 Å². The zero-order valence-corrected chi connectivity index (χ0v) is 15.5. The summed E-state index contributed by atoms with van der Waals surface area (Å²) in [5.74, 6) is 0. The van der Waals surface area contributed by atoms with E-state index in [-0.39, 0.29) is 18.1 Å². The largest absolute Gasteiger partial charge is 0.337 e. The fourth-order valence-electron chi connectivity index (χ4n) is 3.69. The highest BCUT2D eigenvalue weighted by Gasteiger charge is 2.18. The van der Waals surface area contributed by atoms with Crippen molar-refractivity contribution in [2.24, 2.45) is 0 Å². The minimum atomic E-state index is -0.128. The van der Waals surface area contributed by atoms with Gasteiger partial charge in [-0.2, -0.15) is 0 Å². The third-order valence-corrected chi connectivity index (χ3v) is 5.30. The van der Waals surface area contributed by atoms with Crippen LogP contribution in [-0.2, 0) is 13.0 Å². The summed E-state index contributed by atoms with van der Waals surface area (Å²) in [4.78, 5) is 12.3. The van der Waals surface area contributed by atoms with Crippen molar-refractivity contribution in [1.82, 2.24) is 16.0 Å². The standard InChI is InChI=1S/C23H25N3O/c1-16(18-11-10-17-6-2-3-7-19(17)12-18)26-23(27)25-15-22-13-20-8-4-5-9-21(20)14-24-22/h2-12,16,22,24H,13-15H2,1H3,(H2,25,26,27)/t16-,22?/m1/s1. The van der Waals surface area contributed by atoms with Gasteiger partial charge >= 0.3 is 6.03 Å². The third kappa shape index (κ3) is 4.12. The number of benzene rings is 3. The van der Waals surface area contributed by atoms with Crippen LogP contribution >= 0.6 is 0 Å². The third-order valence-electron chi connectivity index (χ3n) is 5.30. The number of carbonyl (C=O) groups is 1. The van der Waals surface area contributed by atoms with Gasteiger partial charge in [-0.05, 0) is 46.9 Å². The molecule has 1 heterocycles. The topological polar surface area (TPSA) is 53.2 Å². The van der Waals surface area contributed by atoms with E-state index < -0.39 is 0 Å². The molecule has 4 nitrogen and oxygen atoms in total. The van der Waals surface area contributed by atoms with Gasteiger partial charge in [0.15, 0.2) is 0 Å². The highest BCUT2D eigenvalue weighted by molar-refractivity contribution is 5.83. The van der Waals surface area contributed by atoms with Crippen molar-refractivity contribution in [2.75, 3.05) is 6.54 Å². The molecule has 3 N–H and O–H groups in total. The van der Waals surface area contributed by atoms with Gasteiger partial charge < -0.3 is 16.0 Å². The van der Waals surface area contributed by atoms with Gasteiger partial charge in [0.05, 0.1) is 6.04 Å². The van der Waals surface area contributed by atoms with E-state index in [1.165, 1.54) is 21.9 Å². The molecular formula is C23H25N3O. The molecule has 138 valence electrons. The Morgan fingerprint density at radius 1 is 1.04 bits per heavy atom. The molecule has 1 aliphatic rings. The van der Waals surface area contributed by atoms with Crippen molar-refractivity contribution in [2.45, 2.75) is 32.0 Å². The molecule has 3 aromatic carbocycles. The van der Waals surface area contributed by atoms with Crippen LogP contribution in [0.25, 0.3) is 10.8 Å². The Balaban J connectivity index is 1.31. The maximum absolute atomic E-state index is 12.3. The molecule has 1 unspecified atom stereocenters. The van der Waals surface area contributed by atoms with Crippen LogP contribution in [0, 0.1) is 0 Å². The van der Waals surface area contributed by atoms with Crippen molar-refractivity contribution in [3.05, 3.63) is 83.4 Å². The minimum absolute atomic E-state index is 0.0466. The van der Waals surface area contributed by atoms with Crippen LogP contribution in [0.1, 0.15) is 29.7 Å². The average molecular weight is 359 g/mol. The molecule has 27 heavy (non-hydrogen) atoms. The molecular weight excluding hydrogens is 334 g/mol. The number of fused-ring (bicyclic) bond motifs is 2. The van der Waals surface area contributed by atoms with Crippen LogP contribution < -0.4 is 16.0 Å². The molecule has 3 aromatic rings. The van der Waals surface area contributed by atoms with Crippen LogP contribution in [0.2, 0.25) is 0 Å². The molecule has 0 saturated heterocycles. The number of carbonyl (C=O) groups excluding carboxylic acids is 1. The zero-order valence-electron chi connectivity index (χ0n) is 15.5. The van der Waals surface area contributed by atoms with Gasteiger partial charge in [-0.15, -0.1) is 0 Å². The maximum Gasteiger partial charge on any atom is 0.315 e. The molecule has 0 aromatic heterocycles. The Kier molecular flexibility index (Phi) is 5.07. The summed E-state index contributed by atoms with van der Waals surface area (Å²) in [5, 5.41) is 11.9. The molecule has 0 saturated carbocycles. The Bertz CT molecular complexity index is 953. The molecule has 1 aliphatic heterocycles. The summed E-state index contributed by atoms with van der Waals surface area (Å²) in [6.07, 6.45) is 0.941. The number of amides is 2. The second kappa shape index (κ2) is 7.80. The number of nitrogens with one attached hydrogen (secondary N) is 3. The maximum atomic E-state index is 12.3. The molecule has 0 spiro atoms. The summed E-state index contributed by atoms with van der Waals surface area (Å²) in [6, 6.07) is 23.1. The molecule has 0 radical (unpaired) electrons. The lowest BCUT2D eigenvalue weighted by Crippen LogP contribution is -2.47. The van der Waals surface area contributed by atoms with Crippen LogP contribution in [0.5, 0.6) is 0 Å². The van der Waals surface area contributed by atoms with Crippen molar-refractivity contribution < 1.29 is 4.79 Å². The summed E-state index contributed by atoms with van der Waals surface area (Å²) < 4.78 is 0. The van der Waals surface area contributed by atoms with E-state index in [9.17, 15) is 4.79 Å². The second-order valence-corrected chi connectivity index (χ2v) is 7.23. The van der Waals surface area contributed by atoms with E-state index in [4.69, 9.17) is 0 Å². The normalized spacial score (nSPS) is 17.1. The highest BCUT2D eigenvalue weighted by Crippen LogP contribution is 2.20. The van der Waals surface area contributed by atoms with Crippen LogP contribution in [-0.4, -0.2) is 18.6 Å². The van der Waals surface area contributed by atoms with Crippen LogP contribution in [0.15, 0.2) is 66.7 Å². The number of rotatable bonds is 4. The zero-order chi connectivity index (χ0) is 18.6. The van der Waals surface area contributed by atoms with Crippen molar-refractivity contribution in [3.63, 3.8) is 0 Å². The lowest BCUT2D eigenvalue weighted by molar-refractivity contribution is 0.236. The molecule has 0 aliphatic carbocycles. The SMILES string of the molecule is C[C@@H](NC(=O)NCC1Cc2ccccc2CN1)c1ccc2ccccc2c1.